The summed E-state index contributed by atoms with van der Waals surface area (Å²) in [5.41, 5.74) is 4.60. The number of fused-ring (bicyclic) bond motifs is 2. The average molecular weight is 661 g/mol. The van der Waals surface area contributed by atoms with Crippen LogP contribution in [0.15, 0.2) is 28.6 Å². The topological polar surface area (TPSA) is 325 Å². The van der Waals surface area contributed by atoms with Crippen LogP contribution in [0.2, 0.25) is 0 Å². The zero-order valence-corrected chi connectivity index (χ0v) is 23.8. The third kappa shape index (κ3) is 6.18. The second-order valence-corrected chi connectivity index (χ2v) is 11.0. The Labute approximate surface area is 244 Å². The summed E-state index contributed by atoms with van der Waals surface area (Å²) in [6.45, 7) is -1.28. The molecule has 4 aromatic rings. The van der Waals surface area contributed by atoms with Gasteiger partial charge < -0.3 is 45.3 Å². The number of nitrogens with two attached hydrogens (primary N) is 1. The molecule has 0 spiro atoms. The van der Waals surface area contributed by atoms with Crippen molar-refractivity contribution in [3.63, 3.8) is 0 Å². The van der Waals surface area contributed by atoms with Crippen LogP contribution in [0.3, 0.4) is 0 Å². The number of nitrogens with zero attached hydrogens (tertiary/aromatic N) is 6. The number of aromatic nitrogens is 8. The monoisotopic (exact) mass is 661 g/mol. The number of aliphatic hydroxyl groups is 3. The van der Waals surface area contributed by atoms with Gasteiger partial charge in [0.15, 0.2) is 28.6 Å². The second kappa shape index (κ2) is 12.8. The Hall–Kier alpha value is -3.53. The fourth-order valence-corrected chi connectivity index (χ4v) is 5.73. The van der Waals surface area contributed by atoms with Crippen LogP contribution in [0.5, 0.6) is 0 Å². The Bertz CT molecular complexity index is 1810. The van der Waals surface area contributed by atoms with Crippen LogP contribution in [-0.2, 0) is 27.7 Å². The number of anilines is 1. The minimum atomic E-state index is -4.98. The minimum absolute atomic E-state index is 0.0307. The van der Waals surface area contributed by atoms with E-state index in [4.69, 9.17) is 33.7 Å². The highest BCUT2D eigenvalue weighted by Crippen LogP contribution is 2.50. The molecule has 8 atom stereocenters. The van der Waals surface area contributed by atoms with Crippen molar-refractivity contribution in [1.82, 2.24) is 39.0 Å². The molecule has 2 saturated heterocycles. The lowest BCUT2D eigenvalue weighted by molar-refractivity contribution is -0.0593. The van der Waals surface area contributed by atoms with Gasteiger partial charge in [0.2, 0.25) is 5.95 Å². The lowest BCUT2D eigenvalue weighted by Gasteiger charge is -2.25. The first-order chi connectivity index (χ1) is 21.0. The number of hydrogen-bond acceptors (Lipinski definition) is 16. The zero-order valence-electron chi connectivity index (χ0n) is 22.1. The van der Waals surface area contributed by atoms with E-state index in [0.717, 1.165) is 10.9 Å². The minimum Gasteiger partial charge on any atom is -0.394 e. The fraction of sp³-hybridized carbons (Fsp3) is 0.500. The molecule has 0 bridgehead atoms. The smallest absolute Gasteiger partial charge is 0.394 e. The van der Waals surface area contributed by atoms with E-state index in [-0.39, 0.29) is 34.7 Å². The van der Waals surface area contributed by atoms with Gasteiger partial charge in [0.1, 0.15) is 30.6 Å². The summed E-state index contributed by atoms with van der Waals surface area (Å²) in [5.74, 6) is -0.241. The predicted molar refractivity (Wildman–Crippen MR) is 143 cm³/mol. The van der Waals surface area contributed by atoms with E-state index >= 15 is 0 Å². The standard InChI is InChI=1S/C20H24N9O11P.HO2P/c21-20-26-16-12(18(34)27-20)25-6-29(16)19-14(13(32)8(2-30)39-19)40-41(35,36)37-3-9-7(31)1-10(38-9)28-5-24-11-15(28)22-4-23-17(11)33;1-3-2/h4-10,13-14,19,30-32H,1-3H2,(H,35,36)(H,22,23,33)(H3,21,26,27,34);(H,1,2)/t7?,8-,9-,10-,13?,14+,19-;/m1./s1. The van der Waals surface area contributed by atoms with E-state index in [0.29, 0.717) is 0 Å². The third-order valence-electron chi connectivity index (χ3n) is 6.75. The van der Waals surface area contributed by atoms with Crippen LogP contribution in [0.25, 0.3) is 22.3 Å². The van der Waals surface area contributed by atoms with Crippen molar-refractivity contribution in [2.45, 2.75) is 49.4 Å². The number of rotatable bonds is 8. The third-order valence-corrected chi connectivity index (χ3v) is 7.74. The first kappa shape index (κ1) is 31.9. The largest absolute Gasteiger partial charge is 0.472 e. The van der Waals surface area contributed by atoms with Crippen molar-refractivity contribution in [2.24, 2.45) is 0 Å². The van der Waals surface area contributed by atoms with Crippen molar-refractivity contribution < 1.29 is 52.8 Å². The lowest BCUT2D eigenvalue weighted by atomic mass is 10.1. The summed E-state index contributed by atoms with van der Waals surface area (Å²) >= 11 is 0. The van der Waals surface area contributed by atoms with Crippen LogP contribution in [-0.4, -0.2) is 108 Å². The van der Waals surface area contributed by atoms with Crippen molar-refractivity contribution in [3.05, 3.63) is 39.7 Å². The highest BCUT2D eigenvalue weighted by atomic mass is 31.2. The van der Waals surface area contributed by atoms with Gasteiger partial charge in [-0.15, -0.1) is 0 Å². The van der Waals surface area contributed by atoms with Crippen LogP contribution in [0, 0.1) is 0 Å². The van der Waals surface area contributed by atoms with Crippen molar-refractivity contribution in [3.8, 4) is 0 Å². The van der Waals surface area contributed by atoms with Crippen LogP contribution >= 0.6 is 16.5 Å². The molecule has 3 unspecified atom stereocenters. The Balaban J connectivity index is 0.00000123. The average Bonchev–Trinajstić information content (AvgIpc) is 3.74. The van der Waals surface area contributed by atoms with Crippen molar-refractivity contribution in [1.29, 1.82) is 0 Å². The number of phosphoric acid groups is 1. The Morgan fingerprint density at radius 1 is 1.09 bits per heavy atom. The van der Waals surface area contributed by atoms with E-state index in [1.54, 1.807) is 0 Å². The summed E-state index contributed by atoms with van der Waals surface area (Å²) in [4.78, 5) is 62.3. The van der Waals surface area contributed by atoms with Crippen LogP contribution in [0.1, 0.15) is 18.9 Å². The van der Waals surface area contributed by atoms with E-state index < -0.39 is 83.8 Å². The summed E-state index contributed by atoms with van der Waals surface area (Å²) in [6.07, 6.45) is -5.21. The van der Waals surface area contributed by atoms with Crippen molar-refractivity contribution in [2.75, 3.05) is 18.9 Å². The van der Waals surface area contributed by atoms with Gasteiger partial charge in [-0.3, -0.25) is 32.8 Å². The highest BCUT2D eigenvalue weighted by molar-refractivity contribution is 7.47. The first-order valence-corrected chi connectivity index (χ1v) is 14.8. The van der Waals surface area contributed by atoms with Gasteiger partial charge in [0, 0.05) is 6.42 Å². The molecule has 22 nitrogen and oxygen atoms in total. The summed E-state index contributed by atoms with van der Waals surface area (Å²) < 4.78 is 45.8. The molecule has 6 heterocycles. The molecule has 0 saturated carbocycles. The SMILES string of the molecule is Nc1nc2c(ncn2[C@@H]2O[C@H](CO)C(O)[C@@H]2OP(=O)(O)OC[C@H]2O[C@@H](n3cnc4c(=O)[nH]cnc43)CC2O)c(=O)[nH]1.O=PO. The zero-order chi connectivity index (χ0) is 31.8. The molecule has 0 radical (unpaired) electrons. The molecule has 6 rings (SSSR count). The number of nitrogens with one attached hydrogen (secondary N) is 2. The maximum Gasteiger partial charge on any atom is 0.472 e. The maximum atomic E-state index is 12.9. The highest BCUT2D eigenvalue weighted by Gasteiger charge is 2.49. The van der Waals surface area contributed by atoms with E-state index in [2.05, 4.69) is 29.9 Å². The number of aromatic amines is 2. The fourth-order valence-electron chi connectivity index (χ4n) is 4.80. The molecule has 238 valence electrons. The molecule has 9 N–H and O–H groups in total. The number of ether oxygens (including phenoxy) is 2. The quantitative estimate of drug-likeness (QED) is 0.0899. The van der Waals surface area contributed by atoms with Crippen molar-refractivity contribution >= 4 is 44.8 Å². The number of imidazole rings is 2. The molecule has 2 aliphatic rings. The summed E-state index contributed by atoms with van der Waals surface area (Å²) in [6, 6.07) is 0. The van der Waals surface area contributed by atoms with Gasteiger partial charge in [-0.05, 0) is 0 Å². The van der Waals surface area contributed by atoms with Gasteiger partial charge in [0.05, 0.1) is 38.3 Å². The molecule has 0 amide bonds. The molecular formula is C20H25N9O13P2. The Morgan fingerprint density at radius 2 is 1.77 bits per heavy atom. The molecule has 0 aromatic carbocycles. The maximum absolute atomic E-state index is 12.9. The summed E-state index contributed by atoms with van der Waals surface area (Å²) in [5, 5.41) is 30.8. The van der Waals surface area contributed by atoms with Gasteiger partial charge in [-0.1, -0.05) is 0 Å². The molecule has 0 aliphatic carbocycles. The molecule has 4 aromatic heterocycles. The van der Waals surface area contributed by atoms with Crippen LogP contribution in [0.4, 0.5) is 5.95 Å². The molecule has 2 aliphatic heterocycles. The normalized spacial score (nSPS) is 28.3. The van der Waals surface area contributed by atoms with Gasteiger partial charge in [-0.25, -0.2) is 24.1 Å². The number of hydrogen-bond donors (Lipinski definition) is 8. The molecule has 2 fully saturated rings. The number of aliphatic hydroxyl groups excluding tert-OH is 3. The van der Waals surface area contributed by atoms with Gasteiger partial charge >= 0.3 is 16.5 Å². The Kier molecular flexibility index (Phi) is 9.30. The molecule has 24 heteroatoms. The Morgan fingerprint density at radius 3 is 2.48 bits per heavy atom. The number of H-pyrrole nitrogens is 2. The van der Waals surface area contributed by atoms with Gasteiger partial charge in [0.25, 0.3) is 11.1 Å². The number of nitrogen functional groups attached to an aromatic ring is 1. The predicted octanol–water partition coefficient (Wildman–Crippen LogP) is -2.58. The molecular weight excluding hydrogens is 636 g/mol. The number of phosphoric ester groups is 1. The second-order valence-electron chi connectivity index (χ2n) is 9.42. The first-order valence-electron chi connectivity index (χ1n) is 12.5. The molecule has 44 heavy (non-hydrogen) atoms. The van der Waals surface area contributed by atoms with E-state index in [1.165, 1.54) is 17.2 Å². The van der Waals surface area contributed by atoms with E-state index in [1.807, 2.05) is 0 Å². The summed E-state index contributed by atoms with van der Waals surface area (Å²) in [7, 11) is -5.81. The van der Waals surface area contributed by atoms with E-state index in [9.17, 15) is 34.4 Å². The van der Waals surface area contributed by atoms with Gasteiger partial charge in [-0.2, -0.15) is 4.98 Å². The lowest BCUT2D eigenvalue weighted by Crippen LogP contribution is -2.35. The van der Waals surface area contributed by atoms with Crippen LogP contribution < -0.4 is 16.9 Å².